The van der Waals surface area contributed by atoms with E-state index >= 15 is 0 Å². The van der Waals surface area contributed by atoms with Crippen molar-refractivity contribution in [1.82, 2.24) is 5.32 Å². The summed E-state index contributed by atoms with van der Waals surface area (Å²) < 4.78 is 62.0. The molecule has 4 nitrogen and oxygen atoms in total. The average molecular weight is 282 g/mol. The van der Waals surface area contributed by atoms with Crippen LogP contribution in [0.15, 0.2) is 24.3 Å². The van der Waals surface area contributed by atoms with Gasteiger partial charge in [-0.2, -0.15) is 13.2 Å². The Morgan fingerprint density at radius 3 is 2.17 bits per heavy atom. The number of hydrogen-bond donors (Lipinski definition) is 2. The Bertz CT molecular complexity index is 483. The molecule has 0 fully saturated rings. The highest BCUT2D eigenvalue weighted by Gasteiger charge is 2.30. The zero-order valence-electron chi connectivity index (χ0n) is 9.58. The van der Waals surface area contributed by atoms with Gasteiger partial charge in [0.25, 0.3) is 0 Å². The lowest BCUT2D eigenvalue weighted by Gasteiger charge is -2.10. The van der Waals surface area contributed by atoms with Gasteiger partial charge in [-0.1, -0.05) is 0 Å². The quantitative estimate of drug-likeness (QED) is 0.863. The molecule has 1 rings (SSSR count). The van der Waals surface area contributed by atoms with Crippen molar-refractivity contribution in [2.24, 2.45) is 0 Å². The van der Waals surface area contributed by atoms with E-state index in [0.717, 1.165) is 24.3 Å². The maximum Gasteiger partial charge on any atom is 0.416 e. The Labute approximate surface area is 103 Å². The van der Waals surface area contributed by atoms with E-state index in [2.05, 4.69) is 10.0 Å². The number of anilines is 1. The van der Waals surface area contributed by atoms with Crippen molar-refractivity contribution in [3.63, 3.8) is 0 Å². The van der Waals surface area contributed by atoms with Crippen LogP contribution in [-0.4, -0.2) is 27.8 Å². The molecule has 8 heteroatoms. The number of rotatable bonds is 5. The van der Waals surface area contributed by atoms with Crippen molar-refractivity contribution in [3.05, 3.63) is 29.8 Å². The minimum atomic E-state index is -4.43. The van der Waals surface area contributed by atoms with Crippen LogP contribution in [0.25, 0.3) is 0 Å². The molecule has 18 heavy (non-hydrogen) atoms. The molecule has 0 unspecified atom stereocenters. The van der Waals surface area contributed by atoms with E-state index < -0.39 is 21.8 Å². The second kappa shape index (κ2) is 5.57. The van der Waals surface area contributed by atoms with Crippen LogP contribution in [0.4, 0.5) is 18.9 Å². The molecule has 1 aromatic rings. The van der Waals surface area contributed by atoms with Crippen LogP contribution in [0.5, 0.6) is 0 Å². The SMILES string of the molecule is CNCCS(=O)(=O)Nc1ccc(C(F)(F)F)cc1. The van der Waals surface area contributed by atoms with E-state index in [9.17, 15) is 21.6 Å². The maximum absolute atomic E-state index is 12.3. The predicted molar refractivity (Wildman–Crippen MR) is 62.8 cm³/mol. The fourth-order valence-electron chi connectivity index (χ4n) is 1.19. The molecule has 0 spiro atoms. The number of alkyl halides is 3. The molecule has 1 aromatic carbocycles. The summed E-state index contributed by atoms with van der Waals surface area (Å²) in [4.78, 5) is 0. The Balaban J connectivity index is 2.75. The third kappa shape index (κ3) is 4.53. The minimum absolute atomic E-state index is 0.110. The molecular weight excluding hydrogens is 269 g/mol. The molecule has 0 aliphatic rings. The number of hydrogen-bond acceptors (Lipinski definition) is 3. The molecular formula is C10H13F3N2O2S. The summed E-state index contributed by atoms with van der Waals surface area (Å²) in [6.45, 7) is 0.260. The van der Waals surface area contributed by atoms with Crippen LogP contribution in [0, 0.1) is 0 Å². The molecule has 0 saturated carbocycles. The highest BCUT2D eigenvalue weighted by atomic mass is 32.2. The van der Waals surface area contributed by atoms with Crippen LogP contribution >= 0.6 is 0 Å². The molecule has 0 bridgehead atoms. The zero-order chi connectivity index (χ0) is 13.8. The van der Waals surface area contributed by atoms with Gasteiger partial charge in [0, 0.05) is 12.2 Å². The van der Waals surface area contributed by atoms with E-state index in [-0.39, 0.29) is 18.0 Å². The lowest BCUT2D eigenvalue weighted by molar-refractivity contribution is -0.137. The first kappa shape index (κ1) is 14.8. The maximum atomic E-state index is 12.3. The number of benzene rings is 1. The first-order chi connectivity index (χ1) is 8.24. The van der Waals surface area contributed by atoms with Gasteiger partial charge in [-0.3, -0.25) is 4.72 Å². The Kier molecular flexibility index (Phi) is 4.58. The zero-order valence-corrected chi connectivity index (χ0v) is 10.4. The largest absolute Gasteiger partial charge is 0.416 e. The predicted octanol–water partition coefficient (Wildman–Crippen LogP) is 1.67. The van der Waals surface area contributed by atoms with Crippen molar-refractivity contribution in [2.45, 2.75) is 6.18 Å². The summed E-state index contributed by atoms with van der Waals surface area (Å²) >= 11 is 0. The lowest BCUT2D eigenvalue weighted by Crippen LogP contribution is -2.24. The van der Waals surface area contributed by atoms with Gasteiger partial charge in [0.1, 0.15) is 0 Å². The highest BCUT2D eigenvalue weighted by molar-refractivity contribution is 7.92. The van der Waals surface area contributed by atoms with E-state index in [4.69, 9.17) is 0 Å². The fourth-order valence-corrected chi connectivity index (χ4v) is 2.26. The third-order valence-electron chi connectivity index (χ3n) is 2.11. The average Bonchev–Trinajstić information content (AvgIpc) is 2.25. The molecule has 102 valence electrons. The molecule has 0 saturated heterocycles. The Morgan fingerprint density at radius 2 is 1.72 bits per heavy atom. The Morgan fingerprint density at radius 1 is 1.17 bits per heavy atom. The number of nitrogens with one attached hydrogen (secondary N) is 2. The van der Waals surface area contributed by atoms with Gasteiger partial charge < -0.3 is 5.32 Å². The van der Waals surface area contributed by atoms with Crippen LogP contribution in [-0.2, 0) is 16.2 Å². The molecule has 0 heterocycles. The van der Waals surface area contributed by atoms with Crippen molar-refractivity contribution in [3.8, 4) is 0 Å². The second-order valence-corrected chi connectivity index (χ2v) is 5.44. The number of sulfonamides is 1. The van der Waals surface area contributed by atoms with Crippen molar-refractivity contribution in [1.29, 1.82) is 0 Å². The molecule has 0 amide bonds. The van der Waals surface area contributed by atoms with Gasteiger partial charge in [0.15, 0.2) is 0 Å². The second-order valence-electron chi connectivity index (χ2n) is 3.60. The first-order valence-electron chi connectivity index (χ1n) is 5.07. The summed E-state index contributed by atoms with van der Waals surface area (Å²) in [6, 6.07) is 3.82. The van der Waals surface area contributed by atoms with Gasteiger partial charge in [0.2, 0.25) is 10.0 Å². The minimum Gasteiger partial charge on any atom is -0.319 e. The monoisotopic (exact) mass is 282 g/mol. The van der Waals surface area contributed by atoms with E-state index in [1.54, 1.807) is 7.05 Å². The molecule has 2 N–H and O–H groups in total. The smallest absolute Gasteiger partial charge is 0.319 e. The molecule has 0 aliphatic carbocycles. The van der Waals surface area contributed by atoms with Crippen molar-refractivity contribution < 1.29 is 21.6 Å². The van der Waals surface area contributed by atoms with Gasteiger partial charge in [-0.05, 0) is 31.3 Å². The summed E-state index contributed by atoms with van der Waals surface area (Å²) in [5, 5.41) is 2.67. The topological polar surface area (TPSA) is 58.2 Å². The van der Waals surface area contributed by atoms with Crippen molar-refractivity contribution >= 4 is 15.7 Å². The summed E-state index contributed by atoms with van der Waals surface area (Å²) in [5.74, 6) is -0.148. The molecule has 0 atom stereocenters. The lowest BCUT2D eigenvalue weighted by atomic mass is 10.2. The third-order valence-corrected chi connectivity index (χ3v) is 3.39. The van der Waals surface area contributed by atoms with Crippen LogP contribution in [0.3, 0.4) is 0 Å². The van der Waals surface area contributed by atoms with Gasteiger partial charge in [-0.25, -0.2) is 8.42 Å². The normalized spacial score (nSPS) is 12.4. The fraction of sp³-hybridized carbons (Fsp3) is 0.400. The van der Waals surface area contributed by atoms with Crippen LogP contribution in [0.1, 0.15) is 5.56 Å². The molecule has 0 aromatic heterocycles. The van der Waals surface area contributed by atoms with Crippen molar-refractivity contribution in [2.75, 3.05) is 24.1 Å². The van der Waals surface area contributed by atoms with Gasteiger partial charge in [-0.15, -0.1) is 0 Å². The van der Waals surface area contributed by atoms with Gasteiger partial charge in [0.05, 0.1) is 11.3 Å². The van der Waals surface area contributed by atoms with E-state index in [1.165, 1.54) is 0 Å². The summed E-state index contributed by atoms with van der Waals surface area (Å²) in [5.41, 5.74) is -0.709. The van der Waals surface area contributed by atoms with E-state index in [0.29, 0.717) is 0 Å². The summed E-state index contributed by atoms with van der Waals surface area (Å²) in [7, 11) is -1.93. The Hall–Kier alpha value is -1.28. The summed E-state index contributed by atoms with van der Waals surface area (Å²) in [6.07, 6.45) is -4.43. The van der Waals surface area contributed by atoms with Gasteiger partial charge >= 0.3 is 6.18 Å². The number of halogens is 3. The molecule has 0 aliphatic heterocycles. The standard InChI is InChI=1S/C10H13F3N2O2S/c1-14-6-7-18(16,17)15-9-4-2-8(3-5-9)10(11,12)13/h2-5,14-15H,6-7H2,1H3. The first-order valence-corrected chi connectivity index (χ1v) is 6.72. The van der Waals surface area contributed by atoms with Crippen LogP contribution in [0.2, 0.25) is 0 Å². The van der Waals surface area contributed by atoms with E-state index in [1.807, 2.05) is 0 Å². The van der Waals surface area contributed by atoms with Crippen LogP contribution < -0.4 is 10.0 Å². The highest BCUT2D eigenvalue weighted by Crippen LogP contribution is 2.29. The molecule has 0 radical (unpaired) electrons.